The summed E-state index contributed by atoms with van der Waals surface area (Å²) in [6.45, 7) is 0.698. The van der Waals surface area contributed by atoms with Gasteiger partial charge in [0.05, 0.1) is 21.5 Å². The van der Waals surface area contributed by atoms with Gasteiger partial charge in [-0.15, -0.1) is 0 Å². The van der Waals surface area contributed by atoms with Crippen molar-refractivity contribution >= 4 is 44.8 Å². The standard InChI is InChI=1S/C21H24Cl2N2O3S/c22-18-9-4-10-19(23)20(18)24-21(26)17-11-13-25(14-12-17)29(27,28)15-5-8-16-6-2-1-3-7-16/h1-4,6-7,9-10,17H,5,8,11-15H2,(H,24,26). The van der Waals surface area contributed by atoms with Crippen molar-refractivity contribution in [1.29, 1.82) is 0 Å². The number of hydrogen-bond acceptors (Lipinski definition) is 3. The Morgan fingerprint density at radius 2 is 1.62 bits per heavy atom. The van der Waals surface area contributed by atoms with Gasteiger partial charge in [0.1, 0.15) is 0 Å². The number of sulfonamides is 1. The molecule has 0 spiro atoms. The van der Waals surface area contributed by atoms with E-state index in [-0.39, 0.29) is 17.6 Å². The Morgan fingerprint density at radius 3 is 2.24 bits per heavy atom. The van der Waals surface area contributed by atoms with Gasteiger partial charge in [-0.1, -0.05) is 59.6 Å². The number of para-hydroxylation sites is 1. The van der Waals surface area contributed by atoms with Crippen molar-refractivity contribution in [3.63, 3.8) is 0 Å². The largest absolute Gasteiger partial charge is 0.323 e. The van der Waals surface area contributed by atoms with Crippen LogP contribution in [-0.4, -0.2) is 37.5 Å². The summed E-state index contributed by atoms with van der Waals surface area (Å²) in [6.07, 6.45) is 2.27. The summed E-state index contributed by atoms with van der Waals surface area (Å²) in [5, 5.41) is 3.54. The van der Waals surface area contributed by atoms with Gasteiger partial charge in [0.15, 0.2) is 0 Å². The zero-order valence-electron chi connectivity index (χ0n) is 16.0. The topological polar surface area (TPSA) is 66.5 Å². The number of piperidine rings is 1. The highest BCUT2D eigenvalue weighted by molar-refractivity contribution is 7.89. The molecule has 5 nitrogen and oxygen atoms in total. The van der Waals surface area contributed by atoms with Gasteiger partial charge in [-0.25, -0.2) is 12.7 Å². The minimum atomic E-state index is -3.32. The number of carbonyl (C=O) groups excluding carboxylic acids is 1. The molecule has 1 aliphatic rings. The van der Waals surface area contributed by atoms with Gasteiger partial charge in [-0.05, 0) is 43.4 Å². The SMILES string of the molecule is O=C(Nc1c(Cl)cccc1Cl)C1CCN(S(=O)(=O)CCCc2ccccc2)CC1. The Morgan fingerprint density at radius 1 is 1.00 bits per heavy atom. The van der Waals surface area contributed by atoms with Crippen molar-refractivity contribution < 1.29 is 13.2 Å². The molecule has 0 saturated carbocycles. The lowest BCUT2D eigenvalue weighted by Gasteiger charge is -2.30. The average molecular weight is 455 g/mol. The van der Waals surface area contributed by atoms with Crippen LogP contribution < -0.4 is 5.32 Å². The van der Waals surface area contributed by atoms with Crippen LogP contribution in [0.25, 0.3) is 0 Å². The summed E-state index contributed by atoms with van der Waals surface area (Å²) in [6, 6.07) is 14.9. The first kappa shape index (κ1) is 22.1. The lowest BCUT2D eigenvalue weighted by atomic mass is 9.97. The molecule has 1 N–H and O–H groups in total. The van der Waals surface area contributed by atoms with E-state index >= 15 is 0 Å². The van der Waals surface area contributed by atoms with E-state index < -0.39 is 10.0 Å². The van der Waals surface area contributed by atoms with E-state index in [0.717, 1.165) is 12.0 Å². The second-order valence-electron chi connectivity index (χ2n) is 7.16. The van der Waals surface area contributed by atoms with Gasteiger partial charge in [0, 0.05) is 19.0 Å². The molecule has 0 radical (unpaired) electrons. The van der Waals surface area contributed by atoms with Gasteiger partial charge in [0.2, 0.25) is 15.9 Å². The minimum absolute atomic E-state index is 0.119. The summed E-state index contributed by atoms with van der Waals surface area (Å²) >= 11 is 12.2. The van der Waals surface area contributed by atoms with Crippen LogP contribution in [0.5, 0.6) is 0 Å². The molecule has 0 aliphatic carbocycles. The third-order valence-electron chi connectivity index (χ3n) is 5.14. The van der Waals surface area contributed by atoms with E-state index in [1.165, 1.54) is 4.31 Å². The molecule has 1 amide bonds. The lowest BCUT2D eigenvalue weighted by molar-refractivity contribution is -0.120. The third kappa shape index (κ3) is 5.95. The van der Waals surface area contributed by atoms with Gasteiger partial charge < -0.3 is 5.32 Å². The monoisotopic (exact) mass is 454 g/mol. The number of anilines is 1. The molecule has 1 heterocycles. The maximum absolute atomic E-state index is 12.6. The molecule has 3 rings (SSSR count). The first-order valence-corrected chi connectivity index (χ1v) is 12.0. The number of rotatable bonds is 7. The summed E-state index contributed by atoms with van der Waals surface area (Å²) < 4.78 is 26.8. The first-order chi connectivity index (χ1) is 13.9. The fourth-order valence-electron chi connectivity index (χ4n) is 3.47. The molecule has 8 heteroatoms. The zero-order chi connectivity index (χ0) is 20.9. The van der Waals surface area contributed by atoms with Crippen molar-refractivity contribution in [2.75, 3.05) is 24.2 Å². The van der Waals surface area contributed by atoms with Crippen LogP contribution in [0, 0.1) is 5.92 Å². The predicted octanol–water partition coefficient (Wildman–Crippen LogP) is 4.61. The summed E-state index contributed by atoms with van der Waals surface area (Å²) in [5.41, 5.74) is 1.54. The fourth-order valence-corrected chi connectivity index (χ4v) is 5.50. The predicted molar refractivity (Wildman–Crippen MR) is 118 cm³/mol. The Balaban J connectivity index is 1.49. The van der Waals surface area contributed by atoms with Crippen LogP contribution in [0.1, 0.15) is 24.8 Å². The Kier molecular flexibility index (Phi) is 7.57. The highest BCUT2D eigenvalue weighted by atomic mass is 35.5. The number of hydrogen-bond donors (Lipinski definition) is 1. The number of halogens is 2. The van der Waals surface area contributed by atoms with Crippen molar-refractivity contribution in [3.05, 3.63) is 64.1 Å². The average Bonchev–Trinajstić information content (AvgIpc) is 2.71. The number of nitrogens with one attached hydrogen (secondary N) is 1. The molecule has 0 aromatic heterocycles. The van der Waals surface area contributed by atoms with Crippen LogP contribution in [0.3, 0.4) is 0 Å². The van der Waals surface area contributed by atoms with E-state index in [1.807, 2.05) is 30.3 Å². The summed E-state index contributed by atoms with van der Waals surface area (Å²) in [7, 11) is -3.32. The molecule has 1 aliphatic heterocycles. The van der Waals surface area contributed by atoms with Crippen LogP contribution in [0.2, 0.25) is 10.0 Å². The molecule has 0 bridgehead atoms. The molecule has 1 fully saturated rings. The van der Waals surface area contributed by atoms with Gasteiger partial charge >= 0.3 is 0 Å². The maximum atomic E-state index is 12.6. The molecule has 29 heavy (non-hydrogen) atoms. The number of nitrogens with zero attached hydrogens (tertiary/aromatic N) is 1. The van der Waals surface area contributed by atoms with Crippen LogP contribution in [0.15, 0.2) is 48.5 Å². The second kappa shape index (κ2) is 9.94. The highest BCUT2D eigenvalue weighted by Crippen LogP contribution is 2.31. The normalized spacial score (nSPS) is 15.9. The third-order valence-corrected chi connectivity index (χ3v) is 7.73. The van der Waals surface area contributed by atoms with Gasteiger partial charge in [-0.2, -0.15) is 0 Å². The van der Waals surface area contributed by atoms with Crippen molar-refractivity contribution in [3.8, 4) is 0 Å². The first-order valence-electron chi connectivity index (χ1n) is 9.63. The summed E-state index contributed by atoms with van der Waals surface area (Å²) in [5.74, 6) is -0.326. The van der Waals surface area contributed by atoms with Crippen LogP contribution >= 0.6 is 23.2 Å². The molecule has 0 atom stereocenters. The van der Waals surface area contributed by atoms with Crippen LogP contribution in [0.4, 0.5) is 5.69 Å². The molecule has 2 aromatic carbocycles. The van der Waals surface area contributed by atoms with E-state index in [0.29, 0.717) is 48.1 Å². The van der Waals surface area contributed by atoms with E-state index in [2.05, 4.69) is 5.32 Å². The van der Waals surface area contributed by atoms with Crippen molar-refractivity contribution in [2.24, 2.45) is 5.92 Å². The maximum Gasteiger partial charge on any atom is 0.227 e. The number of benzene rings is 2. The Bertz CT molecular complexity index is 923. The van der Waals surface area contributed by atoms with Gasteiger partial charge in [0.25, 0.3) is 0 Å². The molecule has 0 unspecified atom stereocenters. The molecular formula is C21H24Cl2N2O3S. The minimum Gasteiger partial charge on any atom is -0.323 e. The number of carbonyl (C=O) groups is 1. The van der Waals surface area contributed by atoms with Crippen molar-refractivity contribution in [2.45, 2.75) is 25.7 Å². The smallest absolute Gasteiger partial charge is 0.227 e. The number of aryl methyl sites for hydroxylation is 1. The zero-order valence-corrected chi connectivity index (χ0v) is 18.3. The molecule has 2 aromatic rings. The quantitative estimate of drug-likeness (QED) is 0.663. The Labute approximate surface area is 182 Å². The van der Waals surface area contributed by atoms with Gasteiger partial charge in [-0.3, -0.25) is 4.79 Å². The molecule has 156 valence electrons. The summed E-state index contributed by atoms with van der Waals surface area (Å²) in [4.78, 5) is 12.6. The van der Waals surface area contributed by atoms with E-state index in [4.69, 9.17) is 23.2 Å². The highest BCUT2D eigenvalue weighted by Gasteiger charge is 2.31. The number of amides is 1. The second-order valence-corrected chi connectivity index (χ2v) is 10.1. The van der Waals surface area contributed by atoms with Crippen LogP contribution in [-0.2, 0) is 21.2 Å². The molecule has 1 saturated heterocycles. The Hall–Kier alpha value is -1.60. The van der Waals surface area contributed by atoms with Crippen molar-refractivity contribution in [1.82, 2.24) is 4.31 Å². The molecular weight excluding hydrogens is 431 g/mol. The fraction of sp³-hybridized carbons (Fsp3) is 0.381. The van der Waals surface area contributed by atoms with E-state index in [9.17, 15) is 13.2 Å². The lowest BCUT2D eigenvalue weighted by Crippen LogP contribution is -2.42. The van der Waals surface area contributed by atoms with E-state index in [1.54, 1.807) is 18.2 Å².